The van der Waals surface area contributed by atoms with Crippen molar-refractivity contribution in [3.05, 3.63) is 28.0 Å². The number of anilines is 1. The summed E-state index contributed by atoms with van der Waals surface area (Å²) in [7, 11) is 0. The highest BCUT2D eigenvalue weighted by Gasteiger charge is 2.21. The number of benzene rings is 1. The van der Waals surface area contributed by atoms with E-state index in [1.807, 2.05) is 0 Å². The molecule has 0 radical (unpaired) electrons. The number of ether oxygens (including phenoxy) is 1. The van der Waals surface area contributed by atoms with Crippen LogP contribution in [0.3, 0.4) is 0 Å². The van der Waals surface area contributed by atoms with Crippen LogP contribution in [0.5, 0.6) is 0 Å². The van der Waals surface area contributed by atoms with Crippen LogP contribution < -0.4 is 5.73 Å². The van der Waals surface area contributed by atoms with Crippen molar-refractivity contribution in [2.45, 2.75) is 6.92 Å². The molecule has 0 amide bonds. The highest BCUT2D eigenvalue weighted by molar-refractivity contribution is 9.10. The van der Waals surface area contributed by atoms with E-state index in [-0.39, 0.29) is 22.5 Å². The van der Waals surface area contributed by atoms with Gasteiger partial charge in [0.2, 0.25) is 0 Å². The van der Waals surface area contributed by atoms with Crippen LogP contribution in [0.25, 0.3) is 10.9 Å². The summed E-state index contributed by atoms with van der Waals surface area (Å²) in [6, 6.07) is 2.81. The summed E-state index contributed by atoms with van der Waals surface area (Å²) in [5.41, 5.74) is 6.45. The second-order valence-electron chi connectivity index (χ2n) is 3.42. The van der Waals surface area contributed by atoms with E-state index in [2.05, 4.69) is 20.9 Å². The van der Waals surface area contributed by atoms with Gasteiger partial charge in [-0.3, -0.25) is 0 Å². The fourth-order valence-electron chi connectivity index (χ4n) is 1.66. The molecule has 0 atom stereocenters. The Labute approximate surface area is 105 Å². The first-order chi connectivity index (χ1) is 8.06. The lowest BCUT2D eigenvalue weighted by Crippen LogP contribution is -2.07. The maximum Gasteiger partial charge on any atom is 0.342 e. The smallest absolute Gasteiger partial charge is 0.342 e. The van der Waals surface area contributed by atoms with E-state index in [0.29, 0.717) is 10.9 Å². The summed E-state index contributed by atoms with van der Waals surface area (Å²) in [5, 5.41) is 0.404. The summed E-state index contributed by atoms with van der Waals surface area (Å²) >= 11 is 3.11. The molecule has 0 spiro atoms. The second-order valence-corrected chi connectivity index (χ2v) is 4.21. The van der Waals surface area contributed by atoms with E-state index in [1.165, 1.54) is 12.1 Å². The number of nitrogens with one attached hydrogen (secondary N) is 1. The van der Waals surface area contributed by atoms with Gasteiger partial charge in [0.05, 0.1) is 11.1 Å². The first-order valence-corrected chi connectivity index (χ1v) is 5.77. The molecule has 0 fully saturated rings. The van der Waals surface area contributed by atoms with Crippen LogP contribution in [0.2, 0.25) is 0 Å². The molecule has 17 heavy (non-hydrogen) atoms. The molecule has 0 saturated heterocycles. The number of H-pyrrole nitrogens is 1. The molecule has 3 N–H and O–H groups in total. The topological polar surface area (TPSA) is 68.1 Å². The monoisotopic (exact) mass is 300 g/mol. The number of carbonyl (C=O) groups excluding carboxylic acids is 1. The third-order valence-electron chi connectivity index (χ3n) is 2.36. The fraction of sp³-hybridized carbons (Fsp3) is 0.182. The number of halogens is 2. The Morgan fingerprint density at radius 2 is 2.29 bits per heavy atom. The third-order valence-corrected chi connectivity index (χ3v) is 3.14. The minimum Gasteiger partial charge on any atom is -0.462 e. The van der Waals surface area contributed by atoms with Crippen molar-refractivity contribution in [2.75, 3.05) is 12.3 Å². The minimum atomic E-state index is -0.567. The molecule has 0 aliphatic heterocycles. The van der Waals surface area contributed by atoms with Crippen LogP contribution in [0.4, 0.5) is 10.2 Å². The molecule has 4 nitrogen and oxygen atoms in total. The van der Waals surface area contributed by atoms with E-state index in [0.717, 1.165) is 0 Å². The van der Waals surface area contributed by atoms with Crippen molar-refractivity contribution < 1.29 is 13.9 Å². The van der Waals surface area contributed by atoms with E-state index in [9.17, 15) is 9.18 Å². The first-order valence-electron chi connectivity index (χ1n) is 4.98. The summed E-state index contributed by atoms with van der Waals surface area (Å²) < 4.78 is 18.5. The average molecular weight is 301 g/mol. The zero-order valence-electron chi connectivity index (χ0n) is 9.01. The molecule has 2 aromatic rings. The molecule has 6 heteroatoms. The van der Waals surface area contributed by atoms with Gasteiger partial charge < -0.3 is 15.5 Å². The molecule has 0 bridgehead atoms. The number of carbonyl (C=O) groups is 1. The molecular weight excluding hydrogens is 291 g/mol. The number of fused-ring (bicyclic) bond motifs is 1. The van der Waals surface area contributed by atoms with E-state index < -0.39 is 11.8 Å². The minimum absolute atomic E-state index is 0.160. The summed E-state index contributed by atoms with van der Waals surface area (Å²) in [6.45, 7) is 1.93. The molecule has 2 rings (SSSR count). The van der Waals surface area contributed by atoms with E-state index in [1.54, 1.807) is 6.92 Å². The number of esters is 1. The second kappa shape index (κ2) is 4.37. The molecule has 1 aromatic carbocycles. The maximum absolute atomic E-state index is 13.4. The number of hydrogen-bond acceptors (Lipinski definition) is 3. The van der Waals surface area contributed by atoms with Crippen molar-refractivity contribution in [1.29, 1.82) is 0 Å². The zero-order chi connectivity index (χ0) is 12.6. The van der Waals surface area contributed by atoms with Gasteiger partial charge in [-0.15, -0.1) is 0 Å². The van der Waals surface area contributed by atoms with Crippen LogP contribution >= 0.6 is 15.9 Å². The van der Waals surface area contributed by atoms with Gasteiger partial charge in [0, 0.05) is 10.9 Å². The van der Waals surface area contributed by atoms with Crippen LogP contribution in [0.15, 0.2) is 16.6 Å². The van der Waals surface area contributed by atoms with Crippen molar-refractivity contribution >= 4 is 38.6 Å². The molecular formula is C11H10BrFN2O2. The Bertz CT molecular complexity index is 595. The number of nitrogen functional groups attached to an aromatic ring is 1. The van der Waals surface area contributed by atoms with Crippen molar-refractivity contribution in [3.8, 4) is 0 Å². The van der Waals surface area contributed by atoms with Crippen LogP contribution in [0.1, 0.15) is 17.3 Å². The molecule has 90 valence electrons. The lowest BCUT2D eigenvalue weighted by Gasteiger charge is -2.02. The molecule has 1 heterocycles. The highest BCUT2D eigenvalue weighted by atomic mass is 79.9. The Hall–Kier alpha value is -1.56. The predicted octanol–water partition coefficient (Wildman–Crippen LogP) is 2.83. The highest BCUT2D eigenvalue weighted by Crippen LogP contribution is 2.33. The predicted molar refractivity (Wildman–Crippen MR) is 66.3 cm³/mol. The zero-order valence-corrected chi connectivity index (χ0v) is 10.6. The van der Waals surface area contributed by atoms with Crippen LogP contribution in [0, 0.1) is 5.82 Å². The SMILES string of the molecule is CCOC(=O)c1c(N)[nH]c2ccc(F)c(Br)c12. The molecule has 0 unspecified atom stereocenters. The van der Waals surface area contributed by atoms with Gasteiger partial charge in [-0.2, -0.15) is 0 Å². The van der Waals surface area contributed by atoms with Crippen LogP contribution in [-0.2, 0) is 4.74 Å². The summed E-state index contributed by atoms with van der Waals surface area (Å²) in [6.07, 6.45) is 0. The number of aromatic nitrogens is 1. The third kappa shape index (κ3) is 1.88. The van der Waals surface area contributed by atoms with Gasteiger partial charge >= 0.3 is 5.97 Å². The van der Waals surface area contributed by atoms with Crippen molar-refractivity contribution in [1.82, 2.24) is 4.98 Å². The number of hydrogen-bond donors (Lipinski definition) is 2. The van der Waals surface area contributed by atoms with Gasteiger partial charge in [0.15, 0.2) is 0 Å². The Morgan fingerprint density at radius 1 is 1.59 bits per heavy atom. The van der Waals surface area contributed by atoms with Crippen molar-refractivity contribution in [3.63, 3.8) is 0 Å². The average Bonchev–Trinajstić information content (AvgIpc) is 2.61. The van der Waals surface area contributed by atoms with Crippen molar-refractivity contribution in [2.24, 2.45) is 0 Å². The van der Waals surface area contributed by atoms with Gasteiger partial charge in [0.1, 0.15) is 17.2 Å². The largest absolute Gasteiger partial charge is 0.462 e. The Balaban J connectivity index is 2.73. The van der Waals surface area contributed by atoms with Gasteiger partial charge in [-0.05, 0) is 35.0 Å². The van der Waals surface area contributed by atoms with Gasteiger partial charge in [0.25, 0.3) is 0 Å². The number of rotatable bonds is 2. The molecule has 0 saturated carbocycles. The number of nitrogens with two attached hydrogens (primary N) is 1. The fourth-order valence-corrected chi connectivity index (χ4v) is 2.20. The van der Waals surface area contributed by atoms with E-state index >= 15 is 0 Å². The van der Waals surface area contributed by atoms with E-state index in [4.69, 9.17) is 10.5 Å². The molecule has 0 aliphatic carbocycles. The number of aromatic amines is 1. The normalized spacial score (nSPS) is 10.8. The standard InChI is InChI=1S/C11H10BrFN2O2/c1-2-17-11(16)8-7-6(15-10(8)14)4-3-5(13)9(7)12/h3-4,15H,2,14H2,1H3. The lowest BCUT2D eigenvalue weighted by molar-refractivity contribution is 0.0530. The quantitative estimate of drug-likeness (QED) is 0.838. The summed E-state index contributed by atoms with van der Waals surface area (Å²) in [4.78, 5) is 14.6. The first kappa shape index (κ1) is 11.9. The Kier molecular flexibility index (Phi) is 3.06. The van der Waals surface area contributed by atoms with Gasteiger partial charge in [-0.1, -0.05) is 0 Å². The Morgan fingerprint density at radius 3 is 2.94 bits per heavy atom. The molecule has 0 aliphatic rings. The lowest BCUT2D eigenvalue weighted by atomic mass is 10.1. The van der Waals surface area contributed by atoms with Crippen LogP contribution in [-0.4, -0.2) is 17.6 Å². The maximum atomic E-state index is 13.4. The molecule has 1 aromatic heterocycles. The summed E-state index contributed by atoms with van der Waals surface area (Å²) in [5.74, 6) is -0.852. The van der Waals surface area contributed by atoms with Gasteiger partial charge in [-0.25, -0.2) is 9.18 Å².